The molecule has 2 fully saturated rings. The zero-order chi connectivity index (χ0) is 32.8. The van der Waals surface area contributed by atoms with Crippen LogP contribution < -0.4 is 21.3 Å². The molecule has 0 aromatic carbocycles. The van der Waals surface area contributed by atoms with Crippen LogP contribution in [0.3, 0.4) is 0 Å². The van der Waals surface area contributed by atoms with Crippen LogP contribution in [0.1, 0.15) is 87.4 Å². The predicted molar refractivity (Wildman–Crippen MR) is 177 cm³/mol. The molecular weight excluding hydrogens is 592 g/mol. The van der Waals surface area contributed by atoms with Gasteiger partial charge in [0.25, 0.3) is 5.91 Å². The molecule has 1 spiro atoms. The number of anilines is 4. The summed E-state index contributed by atoms with van der Waals surface area (Å²) in [7, 11) is 5.77. The fourth-order valence-corrected chi connectivity index (χ4v) is 7.37. The van der Waals surface area contributed by atoms with E-state index in [2.05, 4.69) is 20.7 Å². The zero-order valence-corrected chi connectivity index (χ0v) is 27.7. The number of rotatable bonds is 7. The molecule has 2 aromatic heterocycles. The molecule has 4 heterocycles. The number of amides is 2. The Morgan fingerprint density at radius 2 is 1.65 bits per heavy atom. The summed E-state index contributed by atoms with van der Waals surface area (Å²) in [6.07, 6.45) is 12.3. The Hall–Kier alpha value is -3.48. The summed E-state index contributed by atoms with van der Waals surface area (Å²) in [5.41, 5.74) is 6.08. The van der Waals surface area contributed by atoms with Gasteiger partial charge in [0.1, 0.15) is 23.2 Å². The van der Waals surface area contributed by atoms with Gasteiger partial charge in [0.05, 0.1) is 23.6 Å². The molecule has 0 bridgehead atoms. The highest BCUT2D eigenvalue weighted by atomic mass is 19.1. The summed E-state index contributed by atoms with van der Waals surface area (Å²) >= 11 is 0. The van der Waals surface area contributed by atoms with Crippen molar-refractivity contribution in [2.75, 3.05) is 75.1 Å². The summed E-state index contributed by atoms with van der Waals surface area (Å²) in [4.78, 5) is 36.6. The summed E-state index contributed by atoms with van der Waals surface area (Å²) in [6.45, 7) is 2.40. The zero-order valence-electron chi connectivity index (χ0n) is 27.7. The number of fused-ring (bicyclic) bond motifs is 2. The van der Waals surface area contributed by atoms with E-state index in [-0.39, 0.29) is 41.1 Å². The van der Waals surface area contributed by atoms with Gasteiger partial charge >= 0.3 is 0 Å². The Bertz CT molecular complexity index is 1350. The highest BCUT2D eigenvalue weighted by Gasteiger charge is 2.47. The van der Waals surface area contributed by atoms with Crippen LogP contribution in [-0.2, 0) is 10.3 Å². The number of nitrogen functional groups attached to an aromatic ring is 1. The van der Waals surface area contributed by atoms with Gasteiger partial charge in [-0.3, -0.25) is 14.6 Å². The lowest BCUT2D eigenvalue weighted by Crippen LogP contribution is -2.51. The number of halogens is 2. The van der Waals surface area contributed by atoms with E-state index in [1.165, 1.54) is 19.0 Å². The van der Waals surface area contributed by atoms with E-state index in [0.29, 0.717) is 51.1 Å². The molecule has 2 amide bonds. The number of likely N-dealkylation sites (N-methyl/N-ethyl adjacent to an activating group) is 2. The van der Waals surface area contributed by atoms with Crippen LogP contribution in [0.15, 0.2) is 12.4 Å². The predicted octanol–water partition coefficient (Wildman–Crippen LogP) is 4.86. The van der Waals surface area contributed by atoms with Crippen molar-refractivity contribution in [1.29, 1.82) is 0 Å². The van der Waals surface area contributed by atoms with Gasteiger partial charge in [0.15, 0.2) is 11.6 Å². The highest BCUT2D eigenvalue weighted by Crippen LogP contribution is 2.43. The maximum absolute atomic E-state index is 15.9. The summed E-state index contributed by atoms with van der Waals surface area (Å²) in [5, 5.41) is 10.5. The molecule has 254 valence electrons. The first-order chi connectivity index (χ1) is 22.1. The van der Waals surface area contributed by atoms with E-state index < -0.39 is 23.4 Å². The number of hydrogen-bond acceptors (Lipinski definition) is 8. The Morgan fingerprint density at radius 1 is 1.02 bits per heavy atom. The molecule has 0 radical (unpaired) electrons. The second kappa shape index (κ2) is 15.0. The Balaban J connectivity index is 1.34. The standard InChI is InChI=1S/C33H51F2N9O2/c1-41(2)18-19-42(3)32(46)23-12-16-43(17-13-23)28-24(34)20-37-21-25(28)39-31(45)27-29(36)40-44-30(27)38-22-26(35)33(44)14-10-8-6-4-5-7-9-11-15-33/h20-21,23,26,38H,4-19,22H2,1-3H3,(H2,36,40)(H,39,45). The quantitative estimate of drug-likeness (QED) is 0.391. The third kappa shape index (κ3) is 7.24. The molecule has 1 unspecified atom stereocenters. The van der Waals surface area contributed by atoms with Gasteiger partial charge in [-0.15, -0.1) is 0 Å². The van der Waals surface area contributed by atoms with Crippen LogP contribution >= 0.6 is 0 Å². The highest BCUT2D eigenvalue weighted by molar-refractivity contribution is 6.12. The van der Waals surface area contributed by atoms with Crippen LogP contribution in [-0.4, -0.2) is 96.4 Å². The maximum Gasteiger partial charge on any atom is 0.263 e. The second-order valence-corrected chi connectivity index (χ2v) is 13.6. The Kier molecular flexibility index (Phi) is 11.0. The molecule has 1 saturated heterocycles. The molecule has 1 saturated carbocycles. The van der Waals surface area contributed by atoms with Gasteiger partial charge in [-0.2, -0.15) is 5.10 Å². The van der Waals surface area contributed by atoms with Crippen molar-refractivity contribution in [1.82, 2.24) is 24.6 Å². The number of alkyl halides is 1. The molecule has 3 aliphatic rings. The molecule has 2 aromatic rings. The number of carbonyl (C=O) groups is 2. The van der Waals surface area contributed by atoms with Crippen LogP contribution in [0.2, 0.25) is 0 Å². The van der Waals surface area contributed by atoms with Gasteiger partial charge in [0.2, 0.25) is 5.91 Å². The normalized spacial score (nSPS) is 20.9. The largest absolute Gasteiger partial charge is 0.381 e. The van der Waals surface area contributed by atoms with Crippen molar-refractivity contribution >= 4 is 34.8 Å². The number of pyridine rings is 1. The topological polar surface area (TPSA) is 125 Å². The van der Waals surface area contributed by atoms with Crippen molar-refractivity contribution < 1.29 is 18.4 Å². The second-order valence-electron chi connectivity index (χ2n) is 13.6. The Labute approximate surface area is 271 Å². The van der Waals surface area contributed by atoms with Crippen molar-refractivity contribution in [3.05, 3.63) is 23.8 Å². The average molecular weight is 644 g/mol. The van der Waals surface area contributed by atoms with Crippen LogP contribution in [0.5, 0.6) is 0 Å². The number of piperidine rings is 1. The van der Waals surface area contributed by atoms with E-state index in [9.17, 15) is 9.59 Å². The summed E-state index contributed by atoms with van der Waals surface area (Å²) in [5.74, 6) is -0.761. The van der Waals surface area contributed by atoms with Gasteiger partial charge in [0, 0.05) is 45.7 Å². The smallest absolute Gasteiger partial charge is 0.263 e. The first-order valence-corrected chi connectivity index (χ1v) is 17.0. The van der Waals surface area contributed by atoms with Crippen molar-refractivity contribution in [2.45, 2.75) is 88.8 Å². The van der Waals surface area contributed by atoms with E-state index >= 15 is 8.78 Å². The molecule has 11 nitrogen and oxygen atoms in total. The molecule has 1 atom stereocenters. The minimum atomic E-state index is -1.17. The fraction of sp³-hybridized carbons (Fsp3) is 0.697. The Morgan fingerprint density at radius 3 is 2.28 bits per heavy atom. The molecule has 4 N–H and O–H groups in total. The lowest BCUT2D eigenvalue weighted by molar-refractivity contribution is -0.134. The van der Waals surface area contributed by atoms with E-state index in [1.807, 2.05) is 30.9 Å². The van der Waals surface area contributed by atoms with E-state index in [1.54, 1.807) is 9.58 Å². The van der Waals surface area contributed by atoms with Crippen molar-refractivity contribution in [3.63, 3.8) is 0 Å². The first kappa shape index (κ1) is 33.9. The number of hydrogen-bond donors (Lipinski definition) is 3. The summed E-state index contributed by atoms with van der Waals surface area (Å²) in [6, 6.07) is 0. The number of carbonyl (C=O) groups excluding carboxylic acids is 2. The summed E-state index contributed by atoms with van der Waals surface area (Å²) < 4.78 is 32.9. The SMILES string of the molecule is CN(C)CCN(C)C(=O)C1CCN(c2c(F)cncc2NC(=O)c2c(N)nn3c2NCC(F)C32CCCCCCCCCC2)CC1. The molecule has 13 heteroatoms. The molecule has 2 aliphatic heterocycles. The average Bonchev–Trinajstić information content (AvgIpc) is 3.35. The van der Waals surface area contributed by atoms with Crippen molar-refractivity contribution in [2.24, 2.45) is 5.92 Å². The monoisotopic (exact) mass is 643 g/mol. The third-order valence-corrected chi connectivity index (χ3v) is 10.1. The fourth-order valence-electron chi connectivity index (χ4n) is 7.37. The van der Waals surface area contributed by atoms with Gasteiger partial charge in [-0.1, -0.05) is 51.4 Å². The number of nitrogens with zero attached hydrogens (tertiary/aromatic N) is 6. The number of nitrogens with two attached hydrogens (primary N) is 1. The molecular formula is C33H51F2N9O2. The van der Waals surface area contributed by atoms with Crippen LogP contribution in [0, 0.1) is 11.7 Å². The maximum atomic E-state index is 15.9. The van der Waals surface area contributed by atoms with Crippen molar-refractivity contribution in [3.8, 4) is 0 Å². The third-order valence-electron chi connectivity index (χ3n) is 10.1. The molecule has 1 aliphatic carbocycles. The molecule has 5 rings (SSSR count). The van der Waals surface area contributed by atoms with Gasteiger partial charge < -0.3 is 31.1 Å². The first-order valence-electron chi connectivity index (χ1n) is 17.0. The minimum Gasteiger partial charge on any atom is -0.381 e. The number of nitrogens with one attached hydrogen (secondary N) is 2. The van der Waals surface area contributed by atoms with Crippen LogP contribution in [0.25, 0.3) is 0 Å². The minimum absolute atomic E-state index is 0.00594. The lowest BCUT2D eigenvalue weighted by Gasteiger charge is -2.42. The lowest BCUT2D eigenvalue weighted by atomic mass is 9.81. The van der Waals surface area contributed by atoms with Gasteiger partial charge in [-0.25, -0.2) is 13.5 Å². The van der Waals surface area contributed by atoms with Gasteiger partial charge in [-0.05, 0) is 39.8 Å². The number of aromatic nitrogens is 3. The van der Waals surface area contributed by atoms with E-state index in [0.717, 1.165) is 51.3 Å². The molecule has 46 heavy (non-hydrogen) atoms. The van der Waals surface area contributed by atoms with Crippen LogP contribution in [0.4, 0.5) is 31.8 Å². The van der Waals surface area contributed by atoms with E-state index in [4.69, 9.17) is 5.73 Å².